The fraction of sp³-hybridized carbons (Fsp3) is 0.261. The van der Waals surface area contributed by atoms with Gasteiger partial charge in [0.05, 0.1) is 11.4 Å². The predicted octanol–water partition coefficient (Wildman–Crippen LogP) is 4.69. The number of aliphatic imine (C=N–C) groups is 1. The Balaban J connectivity index is 1.98. The average molecular weight is 363 g/mol. The highest BCUT2D eigenvalue weighted by Gasteiger charge is 2.41. The molecule has 1 aliphatic carbocycles. The molecule has 1 saturated heterocycles. The molecule has 1 unspecified atom stereocenters. The number of halogens is 1. The second kappa shape index (κ2) is 7.89. The van der Waals surface area contributed by atoms with Crippen molar-refractivity contribution >= 4 is 11.4 Å². The lowest BCUT2D eigenvalue weighted by atomic mass is 9.67. The number of hydrogen-bond acceptors (Lipinski definition) is 3. The monoisotopic (exact) mass is 363 g/mol. The summed E-state index contributed by atoms with van der Waals surface area (Å²) >= 11 is 0. The molecule has 1 fully saturated rings. The molecule has 0 bridgehead atoms. The quantitative estimate of drug-likeness (QED) is 0.771. The van der Waals surface area contributed by atoms with Crippen LogP contribution in [0.25, 0.3) is 0 Å². The zero-order chi connectivity index (χ0) is 19.4. The van der Waals surface area contributed by atoms with Gasteiger partial charge in [-0.2, -0.15) is 0 Å². The highest BCUT2D eigenvalue weighted by atomic mass is 19.1. The molecule has 1 atom stereocenters. The van der Waals surface area contributed by atoms with Crippen LogP contribution >= 0.6 is 0 Å². The molecule has 2 aliphatic rings. The Morgan fingerprint density at radius 3 is 2.48 bits per heavy atom. The van der Waals surface area contributed by atoms with E-state index in [4.69, 9.17) is 10.7 Å². The number of rotatable bonds is 5. The Labute approximate surface area is 160 Å². The average Bonchev–Trinajstić information content (AvgIpc) is 2.70. The van der Waals surface area contributed by atoms with E-state index in [9.17, 15) is 4.39 Å². The van der Waals surface area contributed by atoms with Crippen LogP contribution in [0.2, 0.25) is 0 Å². The van der Waals surface area contributed by atoms with Crippen molar-refractivity contribution in [2.75, 3.05) is 13.1 Å². The Bertz CT molecular complexity index is 824. The van der Waals surface area contributed by atoms with E-state index in [2.05, 4.69) is 30.7 Å². The Morgan fingerprint density at radius 2 is 1.89 bits per heavy atom. The first-order chi connectivity index (χ1) is 13.0. The van der Waals surface area contributed by atoms with E-state index < -0.39 is 0 Å². The van der Waals surface area contributed by atoms with Gasteiger partial charge in [0.2, 0.25) is 0 Å². The largest absolute Gasteiger partial charge is 0.404 e. The van der Waals surface area contributed by atoms with E-state index in [1.165, 1.54) is 17.7 Å². The molecule has 0 aromatic heterocycles. The molecule has 2 N–H and O–H groups in total. The maximum atomic E-state index is 13.2. The van der Waals surface area contributed by atoms with Gasteiger partial charge in [0.25, 0.3) is 0 Å². The number of likely N-dealkylation sites (tertiary alicyclic amines) is 1. The molecular weight excluding hydrogens is 337 g/mol. The van der Waals surface area contributed by atoms with E-state index in [0.29, 0.717) is 5.69 Å². The van der Waals surface area contributed by atoms with Gasteiger partial charge >= 0.3 is 0 Å². The molecular formula is C23H26FN3. The lowest BCUT2D eigenvalue weighted by Crippen LogP contribution is -2.49. The highest BCUT2D eigenvalue weighted by molar-refractivity contribution is 6.11. The fourth-order valence-electron chi connectivity index (χ4n) is 3.95. The van der Waals surface area contributed by atoms with Crippen LogP contribution in [-0.4, -0.2) is 29.7 Å². The number of nitrogens with zero attached hydrogens (tertiary/aromatic N) is 2. The minimum absolute atomic E-state index is 0.142. The van der Waals surface area contributed by atoms with E-state index in [0.717, 1.165) is 37.2 Å². The predicted molar refractivity (Wildman–Crippen MR) is 111 cm³/mol. The van der Waals surface area contributed by atoms with Crippen LogP contribution < -0.4 is 5.73 Å². The lowest BCUT2D eigenvalue weighted by molar-refractivity contribution is 0.161. The first-order valence-corrected chi connectivity index (χ1v) is 9.14. The molecule has 1 aromatic rings. The molecule has 1 aliphatic heterocycles. The van der Waals surface area contributed by atoms with Crippen LogP contribution in [0.3, 0.4) is 0 Å². The summed E-state index contributed by atoms with van der Waals surface area (Å²) in [7, 11) is 0. The van der Waals surface area contributed by atoms with Gasteiger partial charge in [-0.1, -0.05) is 23.8 Å². The second-order valence-electron chi connectivity index (χ2n) is 7.05. The topological polar surface area (TPSA) is 41.6 Å². The highest BCUT2D eigenvalue weighted by Crippen LogP contribution is 2.45. The summed E-state index contributed by atoms with van der Waals surface area (Å²) < 4.78 is 13.2. The minimum Gasteiger partial charge on any atom is -0.404 e. The van der Waals surface area contributed by atoms with Crippen molar-refractivity contribution in [1.82, 2.24) is 4.90 Å². The number of hydrogen-bond donors (Lipinski definition) is 1. The fourth-order valence-corrected chi connectivity index (χ4v) is 3.95. The SMILES string of the molecule is C=CC(C=C)N1CCC2=CC(=Nc3ccc(F)cc3)C(=CN)CC2(C=C)C1. The molecule has 3 rings (SSSR count). The van der Waals surface area contributed by atoms with Gasteiger partial charge < -0.3 is 5.73 Å². The first-order valence-electron chi connectivity index (χ1n) is 9.14. The van der Waals surface area contributed by atoms with Gasteiger partial charge in [-0.15, -0.1) is 19.7 Å². The third kappa shape index (κ3) is 3.71. The molecule has 1 heterocycles. The summed E-state index contributed by atoms with van der Waals surface area (Å²) in [6.07, 6.45) is 11.3. The van der Waals surface area contributed by atoms with Crippen molar-refractivity contribution in [3.63, 3.8) is 0 Å². The lowest BCUT2D eigenvalue weighted by Gasteiger charge is -2.47. The summed E-state index contributed by atoms with van der Waals surface area (Å²) in [5.41, 5.74) is 9.61. The first kappa shape index (κ1) is 19.1. The van der Waals surface area contributed by atoms with Crippen molar-refractivity contribution in [3.8, 4) is 0 Å². The van der Waals surface area contributed by atoms with Crippen LogP contribution in [0.5, 0.6) is 0 Å². The molecule has 140 valence electrons. The third-order valence-electron chi connectivity index (χ3n) is 5.51. The second-order valence-corrected chi connectivity index (χ2v) is 7.05. The van der Waals surface area contributed by atoms with Crippen molar-refractivity contribution in [1.29, 1.82) is 0 Å². The number of fused-ring (bicyclic) bond motifs is 1. The van der Waals surface area contributed by atoms with Crippen molar-refractivity contribution in [2.45, 2.75) is 18.9 Å². The molecule has 0 saturated carbocycles. The van der Waals surface area contributed by atoms with Crippen molar-refractivity contribution < 1.29 is 4.39 Å². The van der Waals surface area contributed by atoms with Gasteiger partial charge in [0.1, 0.15) is 5.82 Å². The maximum Gasteiger partial charge on any atom is 0.123 e. The molecule has 4 heteroatoms. The molecule has 0 amide bonds. The van der Waals surface area contributed by atoms with E-state index in [1.807, 2.05) is 18.2 Å². The summed E-state index contributed by atoms with van der Waals surface area (Å²) in [5, 5.41) is 0. The summed E-state index contributed by atoms with van der Waals surface area (Å²) in [6.45, 7) is 13.7. The Hall–Kier alpha value is -2.72. The number of benzene rings is 1. The normalized spacial score (nSPS) is 25.9. The number of allylic oxidation sites excluding steroid dienone is 2. The van der Waals surface area contributed by atoms with Gasteiger partial charge in [0, 0.05) is 24.5 Å². The minimum atomic E-state index is -0.271. The number of nitrogens with two attached hydrogens (primary N) is 1. The molecule has 0 spiro atoms. The van der Waals surface area contributed by atoms with Crippen LogP contribution in [0, 0.1) is 11.2 Å². The molecule has 1 aromatic carbocycles. The van der Waals surface area contributed by atoms with Crippen LogP contribution in [0.15, 0.2) is 90.6 Å². The summed E-state index contributed by atoms with van der Waals surface area (Å²) in [4.78, 5) is 7.07. The van der Waals surface area contributed by atoms with Crippen molar-refractivity contribution in [3.05, 3.63) is 91.5 Å². The zero-order valence-corrected chi connectivity index (χ0v) is 15.6. The Morgan fingerprint density at radius 1 is 1.19 bits per heavy atom. The van der Waals surface area contributed by atoms with E-state index >= 15 is 0 Å². The number of piperidine rings is 1. The van der Waals surface area contributed by atoms with Gasteiger partial charge in [-0.05, 0) is 55.0 Å². The van der Waals surface area contributed by atoms with Gasteiger partial charge in [-0.3, -0.25) is 4.90 Å². The molecule has 0 radical (unpaired) electrons. The summed E-state index contributed by atoms with van der Waals surface area (Å²) in [5.74, 6) is -0.271. The van der Waals surface area contributed by atoms with Crippen LogP contribution in [0.1, 0.15) is 12.8 Å². The maximum absolute atomic E-state index is 13.2. The van der Waals surface area contributed by atoms with Crippen LogP contribution in [0.4, 0.5) is 10.1 Å². The Kier molecular flexibility index (Phi) is 5.57. The van der Waals surface area contributed by atoms with Crippen molar-refractivity contribution in [2.24, 2.45) is 16.1 Å². The summed E-state index contributed by atoms with van der Waals surface area (Å²) in [6, 6.07) is 6.32. The molecule has 27 heavy (non-hydrogen) atoms. The van der Waals surface area contributed by atoms with Crippen LogP contribution in [-0.2, 0) is 0 Å². The van der Waals surface area contributed by atoms with Gasteiger partial charge in [0.15, 0.2) is 0 Å². The third-order valence-corrected chi connectivity index (χ3v) is 5.51. The molecule has 3 nitrogen and oxygen atoms in total. The standard InChI is InChI=1S/C23H26FN3/c1-4-21(5-2)27-12-11-18-13-22(26-20-9-7-19(24)8-10-20)17(15-25)14-23(18,6-3)16-27/h4-10,13,15,21H,1-3,11-12,14,16,25H2. The van der Waals surface area contributed by atoms with E-state index in [1.54, 1.807) is 18.3 Å². The van der Waals surface area contributed by atoms with E-state index in [-0.39, 0.29) is 17.3 Å². The smallest absolute Gasteiger partial charge is 0.123 e. The zero-order valence-electron chi connectivity index (χ0n) is 15.6. The van der Waals surface area contributed by atoms with Gasteiger partial charge in [-0.25, -0.2) is 9.38 Å².